The second kappa shape index (κ2) is 5.51. The number of hydrogen-bond acceptors (Lipinski definition) is 2. The molecule has 2 nitrogen and oxygen atoms in total. The van der Waals surface area contributed by atoms with Gasteiger partial charge in [-0.1, -0.05) is 41.9 Å². The minimum absolute atomic E-state index is 0.0435. The first kappa shape index (κ1) is 13.5. The Hall–Kier alpha value is -1.45. The van der Waals surface area contributed by atoms with E-state index >= 15 is 0 Å². The molecule has 2 aromatic rings. The molecule has 1 fully saturated rings. The maximum atomic E-state index is 12.2. The molecule has 1 amide bonds. The highest BCUT2D eigenvalue weighted by atomic mass is 35.5. The van der Waals surface area contributed by atoms with Crippen LogP contribution < -0.4 is 4.90 Å². The van der Waals surface area contributed by atoms with E-state index in [4.69, 9.17) is 11.6 Å². The summed E-state index contributed by atoms with van der Waals surface area (Å²) < 4.78 is 0. The standard InChI is InChI=1S/C16H14ClNOS/c1-11-5-4-6-12(9-11)18-15(19)10-20-16(18)13-7-2-3-8-14(13)17/h2-9,16H,10H2,1H3. The van der Waals surface area contributed by atoms with Gasteiger partial charge in [0.1, 0.15) is 5.37 Å². The zero-order valence-corrected chi connectivity index (χ0v) is 12.6. The van der Waals surface area contributed by atoms with Crippen LogP contribution in [-0.4, -0.2) is 11.7 Å². The van der Waals surface area contributed by atoms with E-state index in [0.29, 0.717) is 10.8 Å². The van der Waals surface area contributed by atoms with Crippen LogP contribution in [0.25, 0.3) is 0 Å². The summed E-state index contributed by atoms with van der Waals surface area (Å²) in [6, 6.07) is 15.7. The van der Waals surface area contributed by atoms with E-state index < -0.39 is 0 Å². The Morgan fingerprint density at radius 3 is 2.75 bits per heavy atom. The summed E-state index contributed by atoms with van der Waals surface area (Å²) >= 11 is 7.90. The van der Waals surface area contributed by atoms with E-state index in [1.54, 1.807) is 11.8 Å². The number of rotatable bonds is 2. The molecule has 1 heterocycles. The van der Waals surface area contributed by atoms with E-state index in [0.717, 1.165) is 16.8 Å². The SMILES string of the molecule is Cc1cccc(N2C(=O)CSC2c2ccccc2Cl)c1. The third-order valence-electron chi connectivity index (χ3n) is 3.32. The van der Waals surface area contributed by atoms with Crippen LogP contribution in [0.15, 0.2) is 48.5 Å². The third kappa shape index (κ3) is 2.43. The van der Waals surface area contributed by atoms with Crippen LogP contribution in [0.4, 0.5) is 5.69 Å². The number of aryl methyl sites for hydroxylation is 1. The van der Waals surface area contributed by atoms with Gasteiger partial charge in [-0.15, -0.1) is 11.8 Å². The first-order valence-corrected chi connectivity index (χ1v) is 7.84. The topological polar surface area (TPSA) is 20.3 Å². The molecule has 102 valence electrons. The van der Waals surface area contributed by atoms with Crippen LogP contribution in [0.5, 0.6) is 0 Å². The van der Waals surface area contributed by atoms with Crippen LogP contribution in [0.1, 0.15) is 16.5 Å². The first-order valence-electron chi connectivity index (χ1n) is 6.41. The molecule has 0 N–H and O–H groups in total. The number of carbonyl (C=O) groups excluding carboxylic acids is 1. The van der Waals surface area contributed by atoms with Crippen molar-refractivity contribution in [2.45, 2.75) is 12.3 Å². The minimum atomic E-state index is -0.0435. The molecule has 1 aliphatic heterocycles. The minimum Gasteiger partial charge on any atom is -0.295 e. The van der Waals surface area contributed by atoms with E-state index in [1.807, 2.05) is 60.4 Å². The van der Waals surface area contributed by atoms with Crippen molar-refractivity contribution < 1.29 is 4.79 Å². The molecule has 0 radical (unpaired) electrons. The number of amides is 1. The summed E-state index contributed by atoms with van der Waals surface area (Å²) in [5.74, 6) is 0.620. The summed E-state index contributed by atoms with van der Waals surface area (Å²) in [6.07, 6.45) is 0. The molecule has 1 aliphatic rings. The molecule has 1 saturated heterocycles. The molecular weight excluding hydrogens is 290 g/mol. The lowest BCUT2D eigenvalue weighted by molar-refractivity contribution is -0.115. The van der Waals surface area contributed by atoms with Gasteiger partial charge in [-0.05, 0) is 30.7 Å². The Morgan fingerprint density at radius 1 is 1.20 bits per heavy atom. The van der Waals surface area contributed by atoms with Crippen molar-refractivity contribution in [2.24, 2.45) is 0 Å². The number of anilines is 1. The van der Waals surface area contributed by atoms with Gasteiger partial charge in [0.05, 0.1) is 5.75 Å². The molecule has 1 unspecified atom stereocenters. The van der Waals surface area contributed by atoms with E-state index in [2.05, 4.69) is 0 Å². The average molecular weight is 304 g/mol. The summed E-state index contributed by atoms with van der Waals surface area (Å²) in [5.41, 5.74) is 3.07. The molecule has 1 atom stereocenters. The van der Waals surface area contributed by atoms with Crippen molar-refractivity contribution in [3.8, 4) is 0 Å². The maximum absolute atomic E-state index is 12.2. The summed E-state index contributed by atoms with van der Waals surface area (Å²) in [4.78, 5) is 14.1. The molecule has 0 saturated carbocycles. The van der Waals surface area contributed by atoms with Crippen molar-refractivity contribution in [3.05, 3.63) is 64.7 Å². The van der Waals surface area contributed by atoms with Gasteiger partial charge in [0.25, 0.3) is 0 Å². The van der Waals surface area contributed by atoms with Gasteiger partial charge in [-0.2, -0.15) is 0 Å². The van der Waals surface area contributed by atoms with Gasteiger partial charge in [-0.25, -0.2) is 0 Å². The van der Waals surface area contributed by atoms with Crippen LogP contribution in [0.3, 0.4) is 0 Å². The van der Waals surface area contributed by atoms with Gasteiger partial charge in [0, 0.05) is 16.3 Å². The lowest BCUT2D eigenvalue weighted by Gasteiger charge is -2.25. The monoisotopic (exact) mass is 303 g/mol. The Kier molecular flexibility index (Phi) is 3.72. The van der Waals surface area contributed by atoms with Crippen molar-refractivity contribution >= 4 is 35.0 Å². The average Bonchev–Trinajstić information content (AvgIpc) is 2.81. The Morgan fingerprint density at radius 2 is 2.00 bits per heavy atom. The highest BCUT2D eigenvalue weighted by molar-refractivity contribution is 8.00. The fourth-order valence-electron chi connectivity index (χ4n) is 2.39. The number of thioether (sulfide) groups is 1. The Bertz CT molecular complexity index is 658. The van der Waals surface area contributed by atoms with Crippen LogP contribution in [-0.2, 0) is 4.79 Å². The van der Waals surface area contributed by atoms with Crippen molar-refractivity contribution in [2.75, 3.05) is 10.7 Å². The Balaban J connectivity index is 2.03. The second-order valence-corrected chi connectivity index (χ2v) is 6.26. The number of halogens is 1. The second-order valence-electron chi connectivity index (χ2n) is 4.79. The zero-order chi connectivity index (χ0) is 14.1. The predicted octanol–water partition coefficient (Wildman–Crippen LogP) is 4.43. The van der Waals surface area contributed by atoms with Crippen LogP contribution in [0.2, 0.25) is 5.02 Å². The molecule has 4 heteroatoms. The summed E-state index contributed by atoms with van der Waals surface area (Å²) in [5, 5.41) is 0.662. The van der Waals surface area contributed by atoms with Gasteiger partial charge in [-0.3, -0.25) is 9.69 Å². The van der Waals surface area contributed by atoms with Gasteiger partial charge in [0.15, 0.2) is 0 Å². The van der Waals surface area contributed by atoms with Crippen molar-refractivity contribution in [1.82, 2.24) is 0 Å². The van der Waals surface area contributed by atoms with Gasteiger partial charge >= 0.3 is 0 Å². The highest BCUT2D eigenvalue weighted by Gasteiger charge is 2.34. The van der Waals surface area contributed by atoms with E-state index in [1.165, 1.54) is 0 Å². The van der Waals surface area contributed by atoms with Gasteiger partial charge in [0.2, 0.25) is 5.91 Å². The molecular formula is C16H14ClNOS. The molecule has 3 rings (SSSR count). The predicted molar refractivity (Wildman–Crippen MR) is 85.3 cm³/mol. The maximum Gasteiger partial charge on any atom is 0.238 e. The van der Waals surface area contributed by atoms with Crippen LogP contribution >= 0.6 is 23.4 Å². The summed E-state index contributed by atoms with van der Waals surface area (Å²) in [6.45, 7) is 2.03. The normalized spacial score (nSPS) is 18.6. The number of carbonyl (C=O) groups is 1. The van der Waals surface area contributed by atoms with E-state index in [-0.39, 0.29) is 11.3 Å². The van der Waals surface area contributed by atoms with Crippen molar-refractivity contribution in [1.29, 1.82) is 0 Å². The fraction of sp³-hybridized carbons (Fsp3) is 0.188. The van der Waals surface area contributed by atoms with E-state index in [9.17, 15) is 4.79 Å². The third-order valence-corrected chi connectivity index (χ3v) is 4.86. The quantitative estimate of drug-likeness (QED) is 0.818. The smallest absolute Gasteiger partial charge is 0.238 e. The van der Waals surface area contributed by atoms with Gasteiger partial charge < -0.3 is 0 Å². The Labute approximate surface area is 127 Å². The molecule has 20 heavy (non-hydrogen) atoms. The lowest BCUT2D eigenvalue weighted by Crippen LogP contribution is -2.27. The molecule has 0 aliphatic carbocycles. The molecule has 2 aromatic carbocycles. The number of hydrogen-bond donors (Lipinski definition) is 0. The zero-order valence-electron chi connectivity index (χ0n) is 11.0. The lowest BCUT2D eigenvalue weighted by atomic mass is 10.1. The number of nitrogens with zero attached hydrogens (tertiary/aromatic N) is 1. The summed E-state index contributed by atoms with van der Waals surface area (Å²) in [7, 11) is 0. The number of benzene rings is 2. The fourth-order valence-corrected chi connectivity index (χ4v) is 3.90. The molecule has 0 bridgehead atoms. The highest BCUT2D eigenvalue weighted by Crippen LogP contribution is 2.43. The largest absolute Gasteiger partial charge is 0.295 e. The van der Waals surface area contributed by atoms with Crippen molar-refractivity contribution in [3.63, 3.8) is 0 Å². The molecule has 0 aromatic heterocycles. The first-order chi connectivity index (χ1) is 9.66. The van der Waals surface area contributed by atoms with Crippen LogP contribution in [0, 0.1) is 6.92 Å². The molecule has 0 spiro atoms.